The number of anilines is 2. The number of rotatable bonds is 5. The number of halogens is 1. The van der Waals surface area contributed by atoms with Crippen molar-refractivity contribution in [3.63, 3.8) is 0 Å². The van der Waals surface area contributed by atoms with Gasteiger partial charge in [-0.25, -0.2) is 14.4 Å². The average molecular weight is 468 g/mol. The largest absolute Gasteiger partial charge is 0.489 e. The smallest absolute Gasteiger partial charge is 0.225 e. The van der Waals surface area contributed by atoms with Crippen molar-refractivity contribution >= 4 is 45.2 Å². The highest BCUT2D eigenvalue weighted by atomic mass is 32.1. The van der Waals surface area contributed by atoms with Gasteiger partial charge in [-0.3, -0.25) is 9.79 Å². The zero-order valence-corrected chi connectivity index (χ0v) is 19.9. The van der Waals surface area contributed by atoms with E-state index in [1.807, 2.05) is 19.9 Å². The second-order valence-electron chi connectivity index (χ2n) is 8.98. The summed E-state index contributed by atoms with van der Waals surface area (Å²) in [7, 11) is 3.59. The van der Waals surface area contributed by atoms with Crippen molar-refractivity contribution in [2.75, 3.05) is 19.4 Å². The molecule has 2 aromatic heterocycles. The third-order valence-electron chi connectivity index (χ3n) is 6.08. The molecule has 0 fully saturated rings. The number of hydrogen-bond donors (Lipinski definition) is 1. The van der Waals surface area contributed by atoms with Gasteiger partial charge < -0.3 is 15.0 Å². The summed E-state index contributed by atoms with van der Waals surface area (Å²) in [5.74, 6) is 0.734. The first-order valence-electron chi connectivity index (χ1n) is 11.1. The fourth-order valence-corrected chi connectivity index (χ4v) is 5.83. The molecule has 1 aromatic carbocycles. The van der Waals surface area contributed by atoms with Crippen LogP contribution in [0.3, 0.4) is 0 Å². The van der Waals surface area contributed by atoms with Gasteiger partial charge in [0.15, 0.2) is 5.82 Å². The molecular weight excluding hydrogens is 441 g/mol. The molecule has 9 heteroatoms. The van der Waals surface area contributed by atoms with Gasteiger partial charge in [-0.15, -0.1) is 11.3 Å². The first-order valence-corrected chi connectivity index (χ1v) is 11.9. The topological polar surface area (TPSA) is 79.7 Å². The number of nitrogens with zero attached hydrogens (tertiary/aromatic N) is 4. The summed E-state index contributed by atoms with van der Waals surface area (Å²) in [6, 6.07) is 1.85. The Hall–Kier alpha value is -3.07. The van der Waals surface area contributed by atoms with Crippen LogP contribution >= 0.6 is 11.3 Å². The van der Waals surface area contributed by atoms with E-state index in [1.54, 1.807) is 36.5 Å². The van der Waals surface area contributed by atoms with Gasteiger partial charge >= 0.3 is 0 Å². The molecule has 33 heavy (non-hydrogen) atoms. The summed E-state index contributed by atoms with van der Waals surface area (Å²) in [5.41, 5.74) is 2.70. The summed E-state index contributed by atoms with van der Waals surface area (Å²) >= 11 is 1.59. The maximum absolute atomic E-state index is 15.5. The van der Waals surface area contributed by atoms with Crippen molar-refractivity contribution in [3.05, 3.63) is 39.8 Å². The van der Waals surface area contributed by atoms with E-state index >= 15 is 4.39 Å². The zero-order chi connectivity index (χ0) is 23.3. The SMILES string of the molecule is CC(C)Oc1cc2c(c(F)c1Nc1ncnc3sc4c(c13)CC[C@H](C(=O)N(C)C)C4)C=NC2. The molecule has 3 heterocycles. The Labute approximate surface area is 195 Å². The molecule has 0 spiro atoms. The molecule has 0 saturated heterocycles. The summed E-state index contributed by atoms with van der Waals surface area (Å²) in [6.07, 6.45) is 5.17. The molecule has 0 unspecified atom stereocenters. The number of aryl methyl sites for hydroxylation is 1. The lowest BCUT2D eigenvalue weighted by atomic mass is 9.87. The van der Waals surface area contributed by atoms with Crippen molar-refractivity contribution in [2.24, 2.45) is 10.9 Å². The van der Waals surface area contributed by atoms with Crippen molar-refractivity contribution in [3.8, 4) is 5.75 Å². The van der Waals surface area contributed by atoms with Gasteiger partial charge in [0.1, 0.15) is 28.4 Å². The minimum Gasteiger partial charge on any atom is -0.489 e. The number of nitrogens with one attached hydrogen (secondary N) is 1. The van der Waals surface area contributed by atoms with Gasteiger partial charge in [0.05, 0.1) is 18.0 Å². The summed E-state index contributed by atoms with van der Waals surface area (Å²) < 4.78 is 21.5. The molecule has 1 amide bonds. The lowest BCUT2D eigenvalue weighted by Gasteiger charge is -2.24. The van der Waals surface area contributed by atoms with Crippen LogP contribution in [-0.2, 0) is 24.2 Å². The van der Waals surface area contributed by atoms with Crippen LogP contribution in [0.1, 0.15) is 41.8 Å². The van der Waals surface area contributed by atoms with Crippen LogP contribution in [0.25, 0.3) is 10.2 Å². The molecule has 0 saturated carbocycles. The number of carbonyl (C=O) groups excluding carboxylic acids is 1. The summed E-state index contributed by atoms with van der Waals surface area (Å²) in [4.78, 5) is 29.3. The standard InChI is InChI=1S/C24H26FN5O2S/c1-12(2)32-17-7-14-9-26-10-16(14)20(25)21(17)29-22-19-15-6-5-13(24(31)30(3)4)8-18(15)33-23(19)28-11-27-22/h7,10-13H,5-6,8-9H2,1-4H3,(H,27,28,29)/t13-/m0/s1. The number of ether oxygens (including phenoxy) is 1. The second-order valence-corrected chi connectivity index (χ2v) is 10.1. The number of carbonyl (C=O) groups is 1. The number of benzene rings is 1. The van der Waals surface area contributed by atoms with Gasteiger partial charge in [0.2, 0.25) is 5.91 Å². The van der Waals surface area contributed by atoms with Crippen molar-refractivity contribution in [2.45, 2.75) is 45.8 Å². The van der Waals surface area contributed by atoms with Crippen LogP contribution in [0.4, 0.5) is 15.9 Å². The number of aromatic nitrogens is 2. The predicted molar refractivity (Wildman–Crippen MR) is 128 cm³/mol. The predicted octanol–water partition coefficient (Wildman–Crippen LogP) is 4.49. The maximum Gasteiger partial charge on any atom is 0.225 e. The molecule has 1 N–H and O–H groups in total. The van der Waals surface area contributed by atoms with Crippen LogP contribution in [0.15, 0.2) is 17.4 Å². The normalized spacial score (nSPS) is 16.7. The molecule has 0 bridgehead atoms. The van der Waals surface area contributed by atoms with Gasteiger partial charge in [-0.05, 0) is 50.3 Å². The highest BCUT2D eigenvalue weighted by molar-refractivity contribution is 7.19. The highest BCUT2D eigenvalue weighted by Gasteiger charge is 2.30. The Bertz CT molecular complexity index is 1280. The Morgan fingerprint density at radius 2 is 2.15 bits per heavy atom. The Kier molecular flexibility index (Phi) is 5.52. The van der Waals surface area contributed by atoms with E-state index in [0.717, 1.165) is 39.1 Å². The molecule has 5 rings (SSSR count). The van der Waals surface area contributed by atoms with Crippen molar-refractivity contribution in [1.82, 2.24) is 14.9 Å². The van der Waals surface area contributed by atoms with E-state index in [9.17, 15) is 4.79 Å². The fourth-order valence-electron chi connectivity index (χ4n) is 4.56. The molecule has 1 atom stereocenters. The Balaban J connectivity index is 1.57. The van der Waals surface area contributed by atoms with Crippen LogP contribution in [0.5, 0.6) is 5.75 Å². The van der Waals surface area contributed by atoms with E-state index in [1.165, 1.54) is 6.33 Å². The monoisotopic (exact) mass is 467 g/mol. The van der Waals surface area contributed by atoms with Crippen LogP contribution in [-0.4, -0.2) is 47.2 Å². The molecule has 7 nitrogen and oxygen atoms in total. The first kappa shape index (κ1) is 21.8. The lowest BCUT2D eigenvalue weighted by Crippen LogP contribution is -2.32. The van der Waals surface area contributed by atoms with Gasteiger partial charge in [0, 0.05) is 36.7 Å². The van der Waals surface area contributed by atoms with Gasteiger partial charge in [-0.2, -0.15) is 0 Å². The summed E-state index contributed by atoms with van der Waals surface area (Å²) in [5, 5.41) is 4.13. The molecule has 3 aromatic rings. The van der Waals surface area contributed by atoms with Crippen molar-refractivity contribution < 1.29 is 13.9 Å². The van der Waals surface area contributed by atoms with E-state index < -0.39 is 5.82 Å². The minimum absolute atomic E-state index is 0.0237. The Morgan fingerprint density at radius 3 is 2.91 bits per heavy atom. The molecule has 1 aliphatic carbocycles. The number of fused-ring (bicyclic) bond motifs is 4. The number of hydrogen-bond acceptors (Lipinski definition) is 7. The van der Waals surface area contributed by atoms with Crippen LogP contribution < -0.4 is 10.1 Å². The highest BCUT2D eigenvalue weighted by Crippen LogP contribution is 2.43. The average Bonchev–Trinajstić information content (AvgIpc) is 3.39. The number of amides is 1. The third kappa shape index (κ3) is 3.84. The van der Waals surface area contributed by atoms with E-state index in [-0.39, 0.29) is 23.6 Å². The van der Waals surface area contributed by atoms with Crippen molar-refractivity contribution in [1.29, 1.82) is 0 Å². The number of aliphatic imine (C=N–C) groups is 1. The van der Waals surface area contributed by atoms with E-state index in [4.69, 9.17) is 4.74 Å². The van der Waals surface area contributed by atoms with Gasteiger partial charge in [-0.1, -0.05) is 0 Å². The molecule has 172 valence electrons. The molecular formula is C24H26FN5O2S. The second kappa shape index (κ2) is 8.37. The van der Waals surface area contributed by atoms with Crippen LogP contribution in [0.2, 0.25) is 0 Å². The third-order valence-corrected chi connectivity index (χ3v) is 7.24. The van der Waals surface area contributed by atoms with Gasteiger partial charge in [0.25, 0.3) is 0 Å². The Morgan fingerprint density at radius 1 is 1.33 bits per heavy atom. The lowest BCUT2D eigenvalue weighted by molar-refractivity contribution is -0.133. The first-order chi connectivity index (χ1) is 15.8. The number of thiophene rings is 1. The summed E-state index contributed by atoms with van der Waals surface area (Å²) in [6.45, 7) is 4.27. The zero-order valence-electron chi connectivity index (χ0n) is 19.1. The molecule has 2 aliphatic rings. The maximum atomic E-state index is 15.5. The molecule has 0 radical (unpaired) electrons. The quantitative estimate of drug-likeness (QED) is 0.598. The molecule has 1 aliphatic heterocycles. The minimum atomic E-state index is -0.392. The van der Waals surface area contributed by atoms with E-state index in [0.29, 0.717) is 30.1 Å². The fraction of sp³-hybridized carbons (Fsp3) is 0.417. The van der Waals surface area contributed by atoms with E-state index in [2.05, 4.69) is 20.3 Å². The van der Waals surface area contributed by atoms with Crippen LogP contribution in [0, 0.1) is 11.7 Å².